The minimum Gasteiger partial charge on any atom is -0.462 e. The Hall–Kier alpha value is -1.11. The average molecular weight is 301 g/mol. The number of benzene rings is 1. The Bertz CT molecular complexity index is 419. The van der Waals surface area contributed by atoms with E-state index in [2.05, 4.69) is 20.7 Å². The number of ether oxygens (including phenoxy) is 1. The smallest absolute Gasteiger partial charge is 0.344 e. The first-order valence-corrected chi connectivity index (χ1v) is 4.89. The fourth-order valence-electron chi connectivity index (χ4n) is 0.987. The van der Waals surface area contributed by atoms with Crippen molar-refractivity contribution >= 4 is 21.9 Å². The Labute approximate surface area is 96.3 Å². The fourth-order valence-corrected chi connectivity index (χ4v) is 1.34. The van der Waals surface area contributed by atoms with Gasteiger partial charge in [0, 0.05) is 0 Å². The van der Waals surface area contributed by atoms with E-state index >= 15 is 0 Å². The molecule has 0 aromatic heterocycles. The van der Waals surface area contributed by atoms with E-state index in [1.807, 2.05) is 0 Å². The zero-order valence-corrected chi connectivity index (χ0v) is 9.50. The first kappa shape index (κ1) is 13.0. The summed E-state index contributed by atoms with van der Waals surface area (Å²) in [7, 11) is 0. The first-order valence-electron chi connectivity index (χ1n) is 4.10. The third-order valence-corrected chi connectivity index (χ3v) is 2.39. The second kappa shape index (κ2) is 4.82. The second-order valence-electron chi connectivity index (χ2n) is 2.67. The summed E-state index contributed by atoms with van der Waals surface area (Å²) in [5, 5.41) is 0. The molecule has 0 aliphatic carbocycles. The zero-order valence-electron chi connectivity index (χ0n) is 7.91. The maximum atomic E-state index is 13.2. The Kier molecular flexibility index (Phi) is 3.90. The lowest BCUT2D eigenvalue weighted by Gasteiger charge is -2.07. The van der Waals surface area contributed by atoms with Crippen molar-refractivity contribution in [3.63, 3.8) is 0 Å². The molecule has 0 saturated heterocycles. The van der Waals surface area contributed by atoms with Crippen LogP contribution in [0.1, 0.15) is 17.3 Å². The molecular formula is C9H5BrF4O2. The number of hydrogen-bond donors (Lipinski definition) is 0. The fraction of sp³-hybridized carbons (Fsp3) is 0.222. The molecule has 0 fully saturated rings. The van der Waals surface area contributed by atoms with Gasteiger partial charge in [-0.2, -0.15) is 0 Å². The van der Waals surface area contributed by atoms with E-state index in [9.17, 15) is 22.4 Å². The van der Waals surface area contributed by atoms with Crippen LogP contribution in [0.5, 0.6) is 0 Å². The molecule has 1 aromatic carbocycles. The molecule has 1 aromatic rings. The van der Waals surface area contributed by atoms with Gasteiger partial charge in [0.05, 0.1) is 11.1 Å². The van der Waals surface area contributed by atoms with E-state index < -0.39 is 39.3 Å². The molecule has 0 bridgehead atoms. The largest absolute Gasteiger partial charge is 0.462 e. The number of carbonyl (C=O) groups excluding carboxylic acids is 1. The molecule has 0 atom stereocenters. The average Bonchev–Trinajstić information content (AvgIpc) is 2.24. The van der Waals surface area contributed by atoms with Gasteiger partial charge in [0.25, 0.3) is 0 Å². The van der Waals surface area contributed by atoms with Gasteiger partial charge < -0.3 is 4.74 Å². The van der Waals surface area contributed by atoms with Gasteiger partial charge >= 0.3 is 5.97 Å². The maximum Gasteiger partial charge on any atom is 0.344 e. The molecule has 0 aliphatic heterocycles. The second-order valence-corrected chi connectivity index (χ2v) is 3.46. The van der Waals surface area contributed by atoms with Crippen molar-refractivity contribution in [1.29, 1.82) is 0 Å². The van der Waals surface area contributed by atoms with Gasteiger partial charge in [-0.05, 0) is 22.9 Å². The Morgan fingerprint density at radius 2 is 1.56 bits per heavy atom. The van der Waals surface area contributed by atoms with Crippen LogP contribution >= 0.6 is 15.9 Å². The molecule has 0 radical (unpaired) electrons. The summed E-state index contributed by atoms with van der Waals surface area (Å²) in [6.07, 6.45) is 0. The number of esters is 1. The van der Waals surface area contributed by atoms with Crippen LogP contribution in [-0.2, 0) is 4.74 Å². The molecule has 0 amide bonds. The van der Waals surface area contributed by atoms with E-state index in [4.69, 9.17) is 0 Å². The van der Waals surface area contributed by atoms with Crippen LogP contribution in [0, 0.1) is 23.3 Å². The quantitative estimate of drug-likeness (QED) is 0.363. The molecule has 0 aliphatic rings. The monoisotopic (exact) mass is 300 g/mol. The van der Waals surface area contributed by atoms with Crippen LogP contribution in [0.15, 0.2) is 4.47 Å². The molecule has 16 heavy (non-hydrogen) atoms. The Morgan fingerprint density at radius 1 is 1.12 bits per heavy atom. The summed E-state index contributed by atoms with van der Waals surface area (Å²) in [5.41, 5.74) is -1.37. The molecule has 0 saturated carbocycles. The van der Waals surface area contributed by atoms with Gasteiger partial charge in [0.15, 0.2) is 23.3 Å². The van der Waals surface area contributed by atoms with Gasteiger partial charge in [-0.1, -0.05) is 0 Å². The predicted octanol–water partition coefficient (Wildman–Crippen LogP) is 3.18. The van der Waals surface area contributed by atoms with Crippen molar-refractivity contribution in [2.45, 2.75) is 6.92 Å². The highest BCUT2D eigenvalue weighted by atomic mass is 79.9. The third-order valence-electron chi connectivity index (χ3n) is 1.69. The van der Waals surface area contributed by atoms with E-state index in [1.54, 1.807) is 0 Å². The standard InChI is InChI=1S/C9H5BrF4O2/c1-2-16-9(15)3-5(11)7(13)4(10)8(14)6(3)12/h2H2,1H3. The lowest BCUT2D eigenvalue weighted by atomic mass is 10.2. The molecule has 1 rings (SSSR count). The number of rotatable bonds is 2. The molecule has 7 heteroatoms. The van der Waals surface area contributed by atoms with Crippen LogP contribution in [0.2, 0.25) is 0 Å². The molecule has 88 valence electrons. The van der Waals surface area contributed by atoms with Crippen molar-refractivity contribution in [3.05, 3.63) is 33.3 Å². The summed E-state index contributed by atoms with van der Waals surface area (Å²) >= 11 is 2.32. The minimum absolute atomic E-state index is 0.170. The van der Waals surface area contributed by atoms with Gasteiger partial charge in [0.2, 0.25) is 0 Å². The van der Waals surface area contributed by atoms with E-state index in [0.717, 1.165) is 0 Å². The number of hydrogen-bond acceptors (Lipinski definition) is 2. The third kappa shape index (κ3) is 2.04. The maximum absolute atomic E-state index is 13.2. The normalized spacial score (nSPS) is 10.4. The first-order chi connectivity index (χ1) is 7.41. The molecule has 0 spiro atoms. The van der Waals surface area contributed by atoms with Crippen LogP contribution in [0.25, 0.3) is 0 Å². The lowest BCUT2D eigenvalue weighted by molar-refractivity contribution is 0.0512. The number of carbonyl (C=O) groups is 1. The summed E-state index contributed by atoms with van der Waals surface area (Å²) in [6.45, 7) is 1.22. The van der Waals surface area contributed by atoms with Crippen LogP contribution in [-0.4, -0.2) is 12.6 Å². The molecular weight excluding hydrogens is 296 g/mol. The topological polar surface area (TPSA) is 26.3 Å². The molecule has 2 nitrogen and oxygen atoms in total. The highest BCUT2D eigenvalue weighted by molar-refractivity contribution is 9.10. The summed E-state index contributed by atoms with van der Waals surface area (Å²) in [5.74, 6) is -8.39. The van der Waals surface area contributed by atoms with E-state index in [-0.39, 0.29) is 6.61 Å². The van der Waals surface area contributed by atoms with Crippen molar-refractivity contribution in [3.8, 4) is 0 Å². The molecule has 0 heterocycles. The Morgan fingerprint density at radius 3 is 1.94 bits per heavy atom. The lowest BCUT2D eigenvalue weighted by Crippen LogP contribution is -2.13. The van der Waals surface area contributed by atoms with Crippen molar-refractivity contribution in [2.24, 2.45) is 0 Å². The highest BCUT2D eigenvalue weighted by Crippen LogP contribution is 2.28. The van der Waals surface area contributed by atoms with Crippen molar-refractivity contribution in [2.75, 3.05) is 6.61 Å². The molecule has 0 unspecified atom stereocenters. The van der Waals surface area contributed by atoms with Gasteiger partial charge in [-0.15, -0.1) is 0 Å². The number of halogens is 5. The highest BCUT2D eigenvalue weighted by Gasteiger charge is 2.29. The Balaban J connectivity index is 3.45. The van der Waals surface area contributed by atoms with Gasteiger partial charge in [-0.3, -0.25) is 0 Å². The zero-order chi connectivity index (χ0) is 12.5. The van der Waals surface area contributed by atoms with E-state index in [1.165, 1.54) is 6.92 Å². The molecule has 0 N–H and O–H groups in total. The van der Waals surface area contributed by atoms with Gasteiger partial charge in [0.1, 0.15) is 5.56 Å². The van der Waals surface area contributed by atoms with E-state index in [0.29, 0.717) is 0 Å². The minimum atomic E-state index is -1.79. The van der Waals surface area contributed by atoms with Crippen LogP contribution in [0.3, 0.4) is 0 Å². The summed E-state index contributed by atoms with van der Waals surface area (Å²) in [6, 6.07) is 0. The van der Waals surface area contributed by atoms with Crippen molar-refractivity contribution in [1.82, 2.24) is 0 Å². The van der Waals surface area contributed by atoms with Crippen molar-refractivity contribution < 1.29 is 27.1 Å². The van der Waals surface area contributed by atoms with Crippen LogP contribution in [0.4, 0.5) is 17.6 Å². The summed E-state index contributed by atoms with van der Waals surface area (Å²) in [4.78, 5) is 11.1. The van der Waals surface area contributed by atoms with Gasteiger partial charge in [-0.25, -0.2) is 22.4 Å². The predicted molar refractivity (Wildman–Crippen MR) is 49.9 cm³/mol. The van der Waals surface area contributed by atoms with Crippen LogP contribution < -0.4 is 0 Å². The summed E-state index contributed by atoms with van der Waals surface area (Å²) < 4.78 is 55.6. The SMILES string of the molecule is CCOC(=O)c1c(F)c(F)c(Br)c(F)c1F.